The normalized spacial score (nSPS) is 18.6. The van der Waals surface area contributed by atoms with Gasteiger partial charge in [-0.3, -0.25) is 14.4 Å². The molecule has 3 aromatic carbocycles. The number of ether oxygens (including phenoxy) is 1. The van der Waals surface area contributed by atoms with Gasteiger partial charge in [0.1, 0.15) is 11.9 Å². The van der Waals surface area contributed by atoms with Crippen LogP contribution >= 0.6 is 0 Å². The minimum Gasteiger partial charge on any atom is -0.488 e. The lowest BCUT2D eigenvalue weighted by molar-refractivity contribution is 0.0341. The number of benzene rings is 3. The summed E-state index contributed by atoms with van der Waals surface area (Å²) in [5.74, 6) is 0.0695. The molecule has 0 radical (unpaired) electrons. The number of nitrogens with one attached hydrogen (secondary N) is 1. The van der Waals surface area contributed by atoms with Crippen molar-refractivity contribution in [3.05, 3.63) is 83.9 Å². The predicted octanol–water partition coefficient (Wildman–Crippen LogP) is 4.08. The molecular weight excluding hydrogens is 514 g/mol. The van der Waals surface area contributed by atoms with Crippen LogP contribution in [0.25, 0.3) is 11.1 Å². The Hall–Kier alpha value is -3.40. The molecule has 0 saturated heterocycles. The number of fused-ring (bicyclic) bond motifs is 1. The summed E-state index contributed by atoms with van der Waals surface area (Å²) in [7, 11) is -1.48. The average Bonchev–Trinajstić information content (AvgIpc) is 2.90. The highest BCUT2D eigenvalue weighted by Crippen LogP contribution is 2.31. The maximum atomic E-state index is 13.5. The van der Waals surface area contributed by atoms with Gasteiger partial charge in [-0.2, -0.15) is 0 Å². The predicted molar refractivity (Wildman–Crippen MR) is 154 cm³/mol. The molecule has 9 heteroatoms. The molecule has 2 N–H and O–H groups in total. The third-order valence-corrected chi connectivity index (χ3v) is 7.58. The van der Waals surface area contributed by atoms with E-state index in [9.17, 15) is 18.3 Å². The maximum absolute atomic E-state index is 13.5. The van der Waals surface area contributed by atoms with Gasteiger partial charge in [0, 0.05) is 31.2 Å². The van der Waals surface area contributed by atoms with E-state index in [2.05, 4.69) is 46.0 Å². The Morgan fingerprint density at radius 2 is 1.74 bits per heavy atom. The van der Waals surface area contributed by atoms with Gasteiger partial charge in [-0.25, -0.2) is 8.42 Å². The number of anilines is 1. The molecule has 0 fully saturated rings. The van der Waals surface area contributed by atoms with Crippen molar-refractivity contribution >= 4 is 21.6 Å². The van der Waals surface area contributed by atoms with Gasteiger partial charge in [0.25, 0.3) is 5.91 Å². The number of aliphatic hydroxyl groups excluding tert-OH is 1. The van der Waals surface area contributed by atoms with E-state index in [1.165, 1.54) is 22.8 Å². The molecule has 3 aromatic rings. The van der Waals surface area contributed by atoms with Crippen LogP contribution in [-0.4, -0.2) is 74.4 Å². The zero-order chi connectivity index (χ0) is 28.2. The molecule has 39 heavy (non-hydrogen) atoms. The van der Waals surface area contributed by atoms with Gasteiger partial charge in [-0.15, -0.1) is 0 Å². The fourth-order valence-corrected chi connectivity index (χ4v) is 5.39. The van der Waals surface area contributed by atoms with Gasteiger partial charge in [0.15, 0.2) is 0 Å². The van der Waals surface area contributed by atoms with E-state index in [0.717, 1.165) is 12.8 Å². The molecule has 0 aliphatic carbocycles. The van der Waals surface area contributed by atoms with E-state index in [-0.39, 0.29) is 35.8 Å². The van der Waals surface area contributed by atoms with Crippen molar-refractivity contribution in [2.24, 2.45) is 5.92 Å². The maximum Gasteiger partial charge on any atom is 0.258 e. The Morgan fingerprint density at radius 1 is 1.08 bits per heavy atom. The van der Waals surface area contributed by atoms with Crippen molar-refractivity contribution in [3.63, 3.8) is 0 Å². The summed E-state index contributed by atoms with van der Waals surface area (Å²) in [5.41, 5.74) is 4.08. The van der Waals surface area contributed by atoms with Crippen LogP contribution in [0.4, 0.5) is 5.69 Å². The second-order valence-electron chi connectivity index (χ2n) is 10.5. The second kappa shape index (κ2) is 12.2. The summed E-state index contributed by atoms with van der Waals surface area (Å²) in [6.07, 6.45) is 0.817. The lowest BCUT2D eigenvalue weighted by atomic mass is 9.99. The number of hydrogen-bond acceptors (Lipinski definition) is 6. The second-order valence-corrected chi connectivity index (χ2v) is 12.2. The number of likely N-dealkylation sites (N-methyl/N-ethyl adjacent to an activating group) is 1. The number of hydrogen-bond donors (Lipinski definition) is 2. The zero-order valence-corrected chi connectivity index (χ0v) is 23.7. The molecule has 0 aromatic heterocycles. The van der Waals surface area contributed by atoms with Crippen LogP contribution in [0.2, 0.25) is 0 Å². The first-order valence-corrected chi connectivity index (χ1v) is 15.0. The van der Waals surface area contributed by atoms with Crippen molar-refractivity contribution in [2.75, 3.05) is 37.7 Å². The minimum absolute atomic E-state index is 0.0205. The summed E-state index contributed by atoms with van der Waals surface area (Å²) in [4.78, 5) is 17.3. The number of nitrogens with zero attached hydrogens (tertiary/aromatic N) is 2. The molecule has 0 unspecified atom stereocenters. The quantitative estimate of drug-likeness (QED) is 0.416. The van der Waals surface area contributed by atoms with Crippen molar-refractivity contribution in [1.82, 2.24) is 9.80 Å². The Labute approximate surface area is 231 Å². The molecule has 4 rings (SSSR count). The van der Waals surface area contributed by atoms with E-state index in [4.69, 9.17) is 4.74 Å². The van der Waals surface area contributed by atoms with Crippen LogP contribution in [0.1, 0.15) is 29.8 Å². The monoisotopic (exact) mass is 551 g/mol. The number of aliphatic hydroxyl groups is 1. The van der Waals surface area contributed by atoms with E-state index in [0.29, 0.717) is 18.8 Å². The highest BCUT2D eigenvalue weighted by atomic mass is 32.2. The largest absolute Gasteiger partial charge is 0.488 e. The molecular formula is C30H37N3O5S. The Kier molecular flexibility index (Phi) is 8.94. The van der Waals surface area contributed by atoms with Crippen molar-refractivity contribution < 1.29 is 23.1 Å². The van der Waals surface area contributed by atoms with E-state index >= 15 is 0 Å². The molecule has 0 bridgehead atoms. The number of sulfonamides is 1. The fraction of sp³-hybridized carbons (Fsp3) is 0.367. The highest BCUT2D eigenvalue weighted by molar-refractivity contribution is 7.92. The summed E-state index contributed by atoms with van der Waals surface area (Å²) >= 11 is 0. The van der Waals surface area contributed by atoms with Crippen LogP contribution < -0.4 is 9.46 Å². The Balaban J connectivity index is 1.54. The van der Waals surface area contributed by atoms with Crippen LogP contribution in [0.3, 0.4) is 0 Å². The molecule has 3 atom stereocenters. The topological polar surface area (TPSA) is 99.2 Å². The molecule has 0 saturated carbocycles. The Bertz CT molecular complexity index is 1380. The number of amides is 1. The fourth-order valence-electron chi connectivity index (χ4n) is 4.83. The first-order valence-electron chi connectivity index (χ1n) is 13.1. The standard InChI is InChI=1S/C30H37N3O5S/c1-21-17-33(22(2)20-34)30(35)27-16-26(31-39(4,36)37)14-15-28(27)38-29(21)19-32(3)18-23-10-12-25(13-11-23)24-8-6-5-7-9-24/h5-16,21-22,29,31,34H,17-20H2,1-4H3/t21-,22+,29+/m1/s1. The SMILES string of the molecule is C[C@@H]1CN([C@@H](C)CO)C(=O)c2cc(NS(C)(=O)=O)ccc2O[C@H]1CN(C)Cc1ccc(-c2ccccc2)cc1. The number of carbonyl (C=O) groups is 1. The van der Waals surface area contributed by atoms with Crippen molar-refractivity contribution in [2.45, 2.75) is 32.5 Å². The summed E-state index contributed by atoms with van der Waals surface area (Å²) in [5, 5.41) is 9.85. The van der Waals surface area contributed by atoms with Gasteiger partial charge in [-0.1, -0.05) is 61.5 Å². The third-order valence-electron chi connectivity index (χ3n) is 6.97. The lowest BCUT2D eigenvalue weighted by Gasteiger charge is -2.38. The van der Waals surface area contributed by atoms with Crippen molar-refractivity contribution in [1.29, 1.82) is 0 Å². The van der Waals surface area contributed by atoms with E-state index in [1.807, 2.05) is 32.2 Å². The van der Waals surface area contributed by atoms with Crippen LogP contribution in [0, 0.1) is 5.92 Å². The van der Waals surface area contributed by atoms with Gasteiger partial charge in [-0.05, 0) is 48.9 Å². The molecule has 1 aliphatic heterocycles. The number of rotatable bonds is 9. The zero-order valence-electron chi connectivity index (χ0n) is 22.9. The van der Waals surface area contributed by atoms with Crippen molar-refractivity contribution in [3.8, 4) is 16.9 Å². The third kappa shape index (κ3) is 7.38. The van der Waals surface area contributed by atoms with Crippen LogP contribution in [-0.2, 0) is 16.6 Å². The van der Waals surface area contributed by atoms with Gasteiger partial charge < -0.3 is 14.7 Å². The first-order chi connectivity index (χ1) is 18.5. The summed E-state index contributed by atoms with van der Waals surface area (Å²) in [6.45, 7) is 5.39. The van der Waals surface area contributed by atoms with Gasteiger partial charge >= 0.3 is 0 Å². The molecule has 208 valence electrons. The van der Waals surface area contributed by atoms with Gasteiger partial charge in [0.05, 0.1) is 24.5 Å². The van der Waals surface area contributed by atoms with E-state index < -0.39 is 16.1 Å². The Morgan fingerprint density at radius 3 is 2.38 bits per heavy atom. The summed E-state index contributed by atoms with van der Waals surface area (Å²) < 4.78 is 32.4. The number of carbonyl (C=O) groups excluding carboxylic acids is 1. The van der Waals surface area contributed by atoms with E-state index in [1.54, 1.807) is 24.0 Å². The molecule has 0 spiro atoms. The van der Waals surface area contributed by atoms with Gasteiger partial charge in [0.2, 0.25) is 10.0 Å². The lowest BCUT2D eigenvalue weighted by Crippen LogP contribution is -2.49. The van der Waals surface area contributed by atoms with Crippen LogP contribution in [0.15, 0.2) is 72.8 Å². The highest BCUT2D eigenvalue weighted by Gasteiger charge is 2.33. The molecule has 1 aliphatic rings. The molecule has 1 amide bonds. The van der Waals surface area contributed by atoms with Crippen LogP contribution in [0.5, 0.6) is 5.75 Å². The first kappa shape index (κ1) is 28.6. The average molecular weight is 552 g/mol. The summed E-state index contributed by atoms with van der Waals surface area (Å²) in [6, 6.07) is 23.1. The smallest absolute Gasteiger partial charge is 0.258 e. The molecule has 1 heterocycles. The molecule has 8 nitrogen and oxygen atoms in total. The minimum atomic E-state index is -3.52.